The molecule has 5 nitrogen and oxygen atoms in total. The van der Waals surface area contributed by atoms with E-state index < -0.39 is 5.97 Å². The molecule has 0 saturated carbocycles. The molecule has 0 atom stereocenters. The van der Waals surface area contributed by atoms with Crippen molar-refractivity contribution < 1.29 is 14.6 Å². The first-order chi connectivity index (χ1) is 9.42. The first kappa shape index (κ1) is 14.1. The second kappa shape index (κ2) is 5.36. The van der Waals surface area contributed by atoms with Gasteiger partial charge in [-0.1, -0.05) is 0 Å². The number of carbonyl (C=O) groups is 1. The van der Waals surface area contributed by atoms with Crippen molar-refractivity contribution >= 4 is 5.97 Å². The Balaban J connectivity index is 2.46. The Morgan fingerprint density at radius 1 is 1.30 bits per heavy atom. The second-order valence-corrected chi connectivity index (χ2v) is 4.83. The number of aliphatic carboxylic acids is 1. The van der Waals surface area contributed by atoms with E-state index in [9.17, 15) is 4.79 Å². The minimum atomic E-state index is -0.875. The minimum absolute atomic E-state index is 0.0764. The maximum absolute atomic E-state index is 10.8. The summed E-state index contributed by atoms with van der Waals surface area (Å²) in [4.78, 5) is 15.3. The molecule has 106 valence electrons. The number of aromatic nitrogens is 2. The standard InChI is InChI=1S/C15H18N2O3/c1-9-6-14(20-4)10(2)5-12(9)13-7-17(8-15(18)19)11(3)16-13/h5-7H,8H2,1-4H3,(H,18,19). The molecule has 0 unspecified atom stereocenters. The predicted octanol–water partition coefficient (Wildman–Crippen LogP) is 2.57. The number of hydrogen-bond donors (Lipinski definition) is 1. The molecule has 0 aliphatic carbocycles. The van der Waals surface area contributed by atoms with Gasteiger partial charge in [0, 0.05) is 11.8 Å². The Hall–Kier alpha value is -2.30. The molecule has 0 amide bonds. The molecule has 0 fully saturated rings. The highest BCUT2D eigenvalue weighted by atomic mass is 16.5. The van der Waals surface area contributed by atoms with Gasteiger partial charge in [0.25, 0.3) is 0 Å². The van der Waals surface area contributed by atoms with Crippen LogP contribution in [0.5, 0.6) is 5.75 Å². The number of rotatable bonds is 4. The smallest absolute Gasteiger partial charge is 0.323 e. The van der Waals surface area contributed by atoms with Gasteiger partial charge in [-0.25, -0.2) is 4.98 Å². The minimum Gasteiger partial charge on any atom is -0.496 e. The molecule has 0 saturated heterocycles. The Kier molecular flexibility index (Phi) is 3.79. The van der Waals surface area contributed by atoms with Crippen LogP contribution in [-0.4, -0.2) is 27.7 Å². The highest BCUT2D eigenvalue weighted by Gasteiger charge is 2.12. The molecule has 1 N–H and O–H groups in total. The van der Waals surface area contributed by atoms with E-state index in [0.717, 1.165) is 28.1 Å². The third-order valence-corrected chi connectivity index (χ3v) is 3.30. The van der Waals surface area contributed by atoms with Gasteiger partial charge in [-0.3, -0.25) is 4.79 Å². The van der Waals surface area contributed by atoms with Crippen molar-refractivity contribution in [2.75, 3.05) is 7.11 Å². The summed E-state index contributed by atoms with van der Waals surface area (Å²) in [5, 5.41) is 8.87. The monoisotopic (exact) mass is 274 g/mol. The van der Waals surface area contributed by atoms with Gasteiger partial charge in [-0.15, -0.1) is 0 Å². The van der Waals surface area contributed by atoms with E-state index in [-0.39, 0.29) is 6.54 Å². The van der Waals surface area contributed by atoms with Gasteiger partial charge in [-0.05, 0) is 44.0 Å². The average Bonchev–Trinajstić information content (AvgIpc) is 2.72. The van der Waals surface area contributed by atoms with E-state index in [0.29, 0.717) is 5.82 Å². The SMILES string of the molecule is COc1cc(C)c(-c2cn(CC(=O)O)c(C)n2)cc1C. The molecule has 1 aromatic carbocycles. The van der Waals surface area contributed by atoms with Crippen LogP contribution in [0.4, 0.5) is 0 Å². The molecule has 0 spiro atoms. The molecule has 0 aliphatic rings. The van der Waals surface area contributed by atoms with E-state index in [2.05, 4.69) is 4.98 Å². The highest BCUT2D eigenvalue weighted by Crippen LogP contribution is 2.29. The number of benzene rings is 1. The van der Waals surface area contributed by atoms with Crippen molar-refractivity contribution in [1.29, 1.82) is 0 Å². The van der Waals surface area contributed by atoms with E-state index >= 15 is 0 Å². The van der Waals surface area contributed by atoms with Crippen molar-refractivity contribution in [3.63, 3.8) is 0 Å². The lowest BCUT2D eigenvalue weighted by Gasteiger charge is -2.09. The summed E-state index contributed by atoms with van der Waals surface area (Å²) in [6.07, 6.45) is 1.78. The Morgan fingerprint density at radius 3 is 2.60 bits per heavy atom. The molecule has 5 heteroatoms. The lowest BCUT2D eigenvalue weighted by molar-refractivity contribution is -0.137. The summed E-state index contributed by atoms with van der Waals surface area (Å²) < 4.78 is 6.93. The number of ether oxygens (including phenoxy) is 1. The van der Waals surface area contributed by atoms with Crippen LogP contribution in [0.1, 0.15) is 17.0 Å². The fourth-order valence-electron chi connectivity index (χ4n) is 2.23. The van der Waals surface area contributed by atoms with Crippen LogP contribution in [0, 0.1) is 20.8 Å². The van der Waals surface area contributed by atoms with Gasteiger partial charge in [0.1, 0.15) is 18.1 Å². The Bertz CT molecular complexity index is 659. The maximum atomic E-state index is 10.8. The first-order valence-corrected chi connectivity index (χ1v) is 6.33. The van der Waals surface area contributed by atoms with Gasteiger partial charge >= 0.3 is 5.97 Å². The van der Waals surface area contributed by atoms with Crippen LogP contribution in [0.2, 0.25) is 0 Å². The number of hydrogen-bond acceptors (Lipinski definition) is 3. The average molecular weight is 274 g/mol. The van der Waals surface area contributed by atoms with Gasteiger partial charge in [0.2, 0.25) is 0 Å². The first-order valence-electron chi connectivity index (χ1n) is 6.33. The summed E-state index contributed by atoms with van der Waals surface area (Å²) in [6, 6.07) is 3.98. The lowest BCUT2D eigenvalue weighted by atomic mass is 10.0. The van der Waals surface area contributed by atoms with Crippen LogP contribution < -0.4 is 4.74 Å². The topological polar surface area (TPSA) is 64.3 Å². The number of nitrogens with zero attached hydrogens (tertiary/aromatic N) is 2. The van der Waals surface area contributed by atoms with Crippen LogP contribution in [0.15, 0.2) is 18.3 Å². The zero-order valence-electron chi connectivity index (χ0n) is 12.1. The predicted molar refractivity (Wildman–Crippen MR) is 76.1 cm³/mol. The Morgan fingerprint density at radius 2 is 2.00 bits per heavy atom. The summed E-state index contributed by atoms with van der Waals surface area (Å²) in [6.45, 7) is 5.69. The molecule has 20 heavy (non-hydrogen) atoms. The normalized spacial score (nSPS) is 10.6. The van der Waals surface area contributed by atoms with E-state index in [1.165, 1.54) is 0 Å². The summed E-state index contributed by atoms with van der Waals surface area (Å²) >= 11 is 0. The molecule has 2 rings (SSSR count). The molecule has 1 aromatic heterocycles. The summed E-state index contributed by atoms with van der Waals surface area (Å²) in [5.41, 5.74) is 3.86. The lowest BCUT2D eigenvalue weighted by Crippen LogP contribution is -2.08. The molecule has 2 aromatic rings. The number of carboxylic acid groups (broad SMARTS) is 1. The molecule has 0 radical (unpaired) electrons. The molecule has 0 bridgehead atoms. The van der Waals surface area contributed by atoms with Gasteiger partial charge < -0.3 is 14.4 Å². The number of methoxy groups -OCH3 is 1. The Labute approximate surface area is 117 Å². The zero-order chi connectivity index (χ0) is 14.9. The van der Waals surface area contributed by atoms with Crippen LogP contribution in [-0.2, 0) is 11.3 Å². The summed E-state index contributed by atoms with van der Waals surface area (Å²) in [7, 11) is 1.65. The van der Waals surface area contributed by atoms with Crippen LogP contribution in [0.25, 0.3) is 11.3 Å². The van der Waals surface area contributed by atoms with Crippen molar-refractivity contribution in [2.45, 2.75) is 27.3 Å². The summed E-state index contributed by atoms with van der Waals surface area (Å²) in [5.74, 6) is 0.655. The molecule has 0 aliphatic heterocycles. The quantitative estimate of drug-likeness (QED) is 0.930. The van der Waals surface area contributed by atoms with Crippen LogP contribution in [0.3, 0.4) is 0 Å². The number of imidazole rings is 1. The fourth-order valence-corrected chi connectivity index (χ4v) is 2.23. The number of aryl methyl sites for hydroxylation is 3. The third kappa shape index (κ3) is 2.66. The van der Waals surface area contributed by atoms with Crippen molar-refractivity contribution in [3.05, 3.63) is 35.3 Å². The molecular weight excluding hydrogens is 256 g/mol. The number of carboxylic acids is 1. The van der Waals surface area contributed by atoms with Crippen LogP contribution >= 0.6 is 0 Å². The molecular formula is C15H18N2O3. The van der Waals surface area contributed by atoms with E-state index in [1.54, 1.807) is 24.8 Å². The van der Waals surface area contributed by atoms with Crippen molar-refractivity contribution in [3.8, 4) is 17.0 Å². The van der Waals surface area contributed by atoms with Gasteiger partial charge in [0.15, 0.2) is 0 Å². The van der Waals surface area contributed by atoms with Crippen molar-refractivity contribution in [1.82, 2.24) is 9.55 Å². The van der Waals surface area contributed by atoms with E-state index in [1.807, 2.05) is 26.0 Å². The van der Waals surface area contributed by atoms with Crippen molar-refractivity contribution in [2.24, 2.45) is 0 Å². The van der Waals surface area contributed by atoms with E-state index in [4.69, 9.17) is 9.84 Å². The third-order valence-electron chi connectivity index (χ3n) is 3.30. The zero-order valence-corrected chi connectivity index (χ0v) is 12.1. The highest BCUT2D eigenvalue weighted by molar-refractivity contribution is 5.69. The maximum Gasteiger partial charge on any atom is 0.323 e. The second-order valence-electron chi connectivity index (χ2n) is 4.83. The van der Waals surface area contributed by atoms with Gasteiger partial charge in [-0.2, -0.15) is 0 Å². The molecule has 1 heterocycles. The largest absolute Gasteiger partial charge is 0.496 e. The fraction of sp³-hybridized carbons (Fsp3) is 0.333. The van der Waals surface area contributed by atoms with Gasteiger partial charge in [0.05, 0.1) is 12.8 Å².